The maximum absolute atomic E-state index is 12.0. The van der Waals surface area contributed by atoms with Gasteiger partial charge in [-0.05, 0) is 37.1 Å². The van der Waals surface area contributed by atoms with Crippen molar-refractivity contribution >= 4 is 11.9 Å². The number of carbonyl (C=O) groups is 2. The van der Waals surface area contributed by atoms with E-state index in [0.717, 1.165) is 12.8 Å². The molecule has 1 N–H and O–H groups in total. The molecule has 0 unspecified atom stereocenters. The highest BCUT2D eigenvalue weighted by Crippen LogP contribution is 2.18. The van der Waals surface area contributed by atoms with Gasteiger partial charge in [-0.3, -0.25) is 4.79 Å². The first-order chi connectivity index (χ1) is 9.20. The van der Waals surface area contributed by atoms with Gasteiger partial charge in [0.05, 0.1) is 12.7 Å². The molecule has 1 aromatic rings. The summed E-state index contributed by atoms with van der Waals surface area (Å²) in [5, 5.41) is 3.04. The molecule has 4 heteroatoms. The highest BCUT2D eigenvalue weighted by atomic mass is 16.5. The summed E-state index contributed by atoms with van der Waals surface area (Å²) >= 11 is 0. The number of hydrogen-bond acceptors (Lipinski definition) is 3. The van der Waals surface area contributed by atoms with Gasteiger partial charge in [0.2, 0.25) is 0 Å². The molecule has 1 aliphatic carbocycles. The largest absolute Gasteiger partial charge is 0.465 e. The highest BCUT2D eigenvalue weighted by Gasteiger charge is 2.16. The lowest BCUT2D eigenvalue weighted by Gasteiger charge is -2.22. The van der Waals surface area contributed by atoms with Crippen LogP contribution in [0.15, 0.2) is 24.3 Å². The molecule has 0 radical (unpaired) electrons. The zero-order valence-electron chi connectivity index (χ0n) is 11.1. The summed E-state index contributed by atoms with van der Waals surface area (Å²) in [6, 6.07) is 6.83. The van der Waals surface area contributed by atoms with Gasteiger partial charge in [-0.25, -0.2) is 4.79 Å². The van der Waals surface area contributed by atoms with E-state index in [0.29, 0.717) is 17.2 Å². The fourth-order valence-electron chi connectivity index (χ4n) is 2.39. The van der Waals surface area contributed by atoms with Crippen molar-refractivity contribution in [2.45, 2.75) is 38.1 Å². The Labute approximate surface area is 113 Å². The summed E-state index contributed by atoms with van der Waals surface area (Å²) in [5.74, 6) is -0.456. The molecule has 0 spiro atoms. The third kappa shape index (κ3) is 3.56. The highest BCUT2D eigenvalue weighted by molar-refractivity contribution is 5.96. The molecule has 1 fully saturated rings. The van der Waals surface area contributed by atoms with Crippen LogP contribution in [0.5, 0.6) is 0 Å². The van der Waals surface area contributed by atoms with E-state index in [1.54, 1.807) is 24.3 Å². The normalized spacial score (nSPS) is 15.8. The molecule has 0 heterocycles. The number of amides is 1. The summed E-state index contributed by atoms with van der Waals surface area (Å²) in [5.41, 5.74) is 1.04. The SMILES string of the molecule is COC(=O)c1ccc(C(=O)NC2CCCCC2)cc1. The van der Waals surface area contributed by atoms with Crippen LogP contribution in [-0.2, 0) is 4.74 Å². The van der Waals surface area contributed by atoms with E-state index in [9.17, 15) is 9.59 Å². The van der Waals surface area contributed by atoms with Crippen LogP contribution in [-0.4, -0.2) is 25.0 Å². The fourth-order valence-corrected chi connectivity index (χ4v) is 2.39. The summed E-state index contributed by atoms with van der Waals surface area (Å²) in [4.78, 5) is 23.3. The first kappa shape index (κ1) is 13.6. The van der Waals surface area contributed by atoms with Gasteiger partial charge in [-0.1, -0.05) is 19.3 Å². The Morgan fingerprint density at radius 1 is 1.05 bits per heavy atom. The number of rotatable bonds is 3. The number of hydrogen-bond donors (Lipinski definition) is 1. The maximum atomic E-state index is 12.0. The Morgan fingerprint density at radius 2 is 1.63 bits per heavy atom. The molecule has 102 valence electrons. The monoisotopic (exact) mass is 261 g/mol. The van der Waals surface area contributed by atoms with Crippen LogP contribution >= 0.6 is 0 Å². The van der Waals surface area contributed by atoms with Gasteiger partial charge in [-0.15, -0.1) is 0 Å². The smallest absolute Gasteiger partial charge is 0.337 e. The molecule has 0 bridgehead atoms. The van der Waals surface area contributed by atoms with Crippen molar-refractivity contribution in [3.8, 4) is 0 Å². The first-order valence-corrected chi connectivity index (χ1v) is 6.70. The third-order valence-corrected chi connectivity index (χ3v) is 3.51. The van der Waals surface area contributed by atoms with Gasteiger partial charge in [0.1, 0.15) is 0 Å². The Balaban J connectivity index is 1.97. The number of benzene rings is 1. The summed E-state index contributed by atoms with van der Waals surface area (Å²) < 4.78 is 4.62. The molecule has 4 nitrogen and oxygen atoms in total. The number of nitrogens with one attached hydrogen (secondary N) is 1. The summed E-state index contributed by atoms with van der Waals surface area (Å²) in [7, 11) is 1.34. The second kappa shape index (κ2) is 6.36. The zero-order valence-corrected chi connectivity index (χ0v) is 11.1. The van der Waals surface area contributed by atoms with Gasteiger partial charge in [0, 0.05) is 11.6 Å². The van der Waals surface area contributed by atoms with E-state index in [-0.39, 0.29) is 11.9 Å². The van der Waals surface area contributed by atoms with Crippen molar-refractivity contribution in [2.75, 3.05) is 7.11 Å². The molecule has 1 aromatic carbocycles. The van der Waals surface area contributed by atoms with Crippen molar-refractivity contribution < 1.29 is 14.3 Å². The minimum atomic E-state index is -0.390. The van der Waals surface area contributed by atoms with Gasteiger partial charge in [-0.2, -0.15) is 0 Å². The molecule has 2 rings (SSSR count). The Hall–Kier alpha value is -1.84. The van der Waals surface area contributed by atoms with Crippen molar-refractivity contribution in [1.82, 2.24) is 5.32 Å². The van der Waals surface area contributed by atoms with E-state index in [2.05, 4.69) is 10.1 Å². The number of carbonyl (C=O) groups excluding carboxylic acids is 2. The molecule has 1 amide bonds. The van der Waals surface area contributed by atoms with Crippen LogP contribution < -0.4 is 5.32 Å². The van der Waals surface area contributed by atoms with Crippen LogP contribution in [0.2, 0.25) is 0 Å². The first-order valence-electron chi connectivity index (χ1n) is 6.70. The maximum Gasteiger partial charge on any atom is 0.337 e. The average Bonchev–Trinajstić information content (AvgIpc) is 2.47. The summed E-state index contributed by atoms with van der Waals surface area (Å²) in [6.07, 6.45) is 5.76. The van der Waals surface area contributed by atoms with Crippen molar-refractivity contribution in [1.29, 1.82) is 0 Å². The minimum absolute atomic E-state index is 0.0664. The average molecular weight is 261 g/mol. The van der Waals surface area contributed by atoms with E-state index in [1.165, 1.54) is 26.4 Å². The van der Waals surface area contributed by atoms with E-state index in [1.807, 2.05) is 0 Å². The lowest BCUT2D eigenvalue weighted by molar-refractivity contribution is 0.0600. The van der Waals surface area contributed by atoms with Crippen molar-refractivity contribution in [3.63, 3.8) is 0 Å². The number of methoxy groups -OCH3 is 1. The fraction of sp³-hybridized carbons (Fsp3) is 0.467. The van der Waals surface area contributed by atoms with Crippen molar-refractivity contribution in [2.24, 2.45) is 0 Å². The Morgan fingerprint density at radius 3 is 2.21 bits per heavy atom. The van der Waals surface area contributed by atoms with Gasteiger partial charge in [0.15, 0.2) is 0 Å². The number of esters is 1. The Kier molecular flexibility index (Phi) is 4.55. The zero-order chi connectivity index (χ0) is 13.7. The minimum Gasteiger partial charge on any atom is -0.465 e. The van der Waals surface area contributed by atoms with Gasteiger partial charge in [0.25, 0.3) is 5.91 Å². The van der Waals surface area contributed by atoms with E-state index < -0.39 is 0 Å². The molecule has 1 aliphatic rings. The number of ether oxygens (including phenoxy) is 1. The molecule has 0 atom stereocenters. The standard InChI is InChI=1S/C15H19NO3/c1-19-15(18)12-9-7-11(8-10-12)14(17)16-13-5-3-2-4-6-13/h7-10,13H,2-6H2,1H3,(H,16,17). The molecular weight excluding hydrogens is 242 g/mol. The van der Waals surface area contributed by atoms with Crippen LogP contribution in [0.1, 0.15) is 52.8 Å². The lowest BCUT2D eigenvalue weighted by atomic mass is 9.95. The van der Waals surface area contributed by atoms with Crippen LogP contribution in [0.25, 0.3) is 0 Å². The van der Waals surface area contributed by atoms with E-state index in [4.69, 9.17) is 0 Å². The second-order valence-electron chi connectivity index (χ2n) is 4.88. The van der Waals surface area contributed by atoms with Crippen LogP contribution in [0.4, 0.5) is 0 Å². The van der Waals surface area contributed by atoms with Crippen LogP contribution in [0, 0.1) is 0 Å². The van der Waals surface area contributed by atoms with Gasteiger partial charge >= 0.3 is 5.97 Å². The molecule has 19 heavy (non-hydrogen) atoms. The Bertz CT molecular complexity index is 447. The molecular formula is C15H19NO3. The quantitative estimate of drug-likeness (QED) is 0.851. The molecule has 1 saturated carbocycles. The van der Waals surface area contributed by atoms with E-state index >= 15 is 0 Å². The summed E-state index contributed by atoms with van der Waals surface area (Å²) in [6.45, 7) is 0. The van der Waals surface area contributed by atoms with Crippen LogP contribution in [0.3, 0.4) is 0 Å². The lowest BCUT2D eigenvalue weighted by Crippen LogP contribution is -2.36. The predicted octanol–water partition coefficient (Wildman–Crippen LogP) is 2.54. The molecule has 0 aliphatic heterocycles. The third-order valence-electron chi connectivity index (χ3n) is 3.51. The predicted molar refractivity (Wildman–Crippen MR) is 72.1 cm³/mol. The molecule has 0 saturated heterocycles. The second-order valence-corrected chi connectivity index (χ2v) is 4.88. The topological polar surface area (TPSA) is 55.4 Å². The van der Waals surface area contributed by atoms with Gasteiger partial charge < -0.3 is 10.1 Å². The van der Waals surface area contributed by atoms with Crippen molar-refractivity contribution in [3.05, 3.63) is 35.4 Å². The molecule has 0 aromatic heterocycles.